The Hall–Kier alpha value is -8.20. The summed E-state index contributed by atoms with van der Waals surface area (Å²) in [6.07, 6.45) is 0. The topological polar surface area (TPSA) is 16.4 Å². The van der Waals surface area contributed by atoms with E-state index in [1.54, 1.807) is 0 Å². The molecule has 0 bridgehead atoms. The van der Waals surface area contributed by atoms with E-state index in [0.717, 1.165) is 50.1 Å². The highest BCUT2D eigenvalue weighted by Gasteiger charge is 2.37. The SMILES string of the molecule is CC1(C)c2ccccc2-c2cccc(-c3ccc(N(c4ccc(-c5cc6ccccc6c6ccccc56)cc4)c4ccccc4-c4cccc5oc6cc7ccccc7cc6c45)cc3)c21. The Morgan fingerprint density at radius 3 is 1.68 bits per heavy atom. The molecule has 11 aromatic carbocycles. The van der Waals surface area contributed by atoms with Gasteiger partial charge in [0.2, 0.25) is 0 Å². The minimum absolute atomic E-state index is 0.116. The molecule has 2 heteroatoms. The van der Waals surface area contributed by atoms with Gasteiger partial charge in [0, 0.05) is 33.1 Å². The monoisotopic (exact) mass is 829 g/mol. The lowest BCUT2D eigenvalue weighted by molar-refractivity contribution is 0.662. The first-order chi connectivity index (χ1) is 32.0. The van der Waals surface area contributed by atoms with Crippen LogP contribution in [0.15, 0.2) is 229 Å². The largest absolute Gasteiger partial charge is 0.456 e. The van der Waals surface area contributed by atoms with E-state index in [1.807, 2.05) is 0 Å². The zero-order chi connectivity index (χ0) is 43.2. The van der Waals surface area contributed by atoms with Gasteiger partial charge in [-0.2, -0.15) is 0 Å². The van der Waals surface area contributed by atoms with Crippen molar-refractivity contribution in [3.8, 4) is 44.5 Å². The highest BCUT2D eigenvalue weighted by atomic mass is 16.3. The van der Waals surface area contributed by atoms with E-state index >= 15 is 0 Å². The van der Waals surface area contributed by atoms with Gasteiger partial charge >= 0.3 is 0 Å². The summed E-state index contributed by atoms with van der Waals surface area (Å²) >= 11 is 0. The fraction of sp³-hybridized carbons (Fsp3) is 0.0476. The fourth-order valence-corrected chi connectivity index (χ4v) is 11.0. The third-order valence-electron chi connectivity index (χ3n) is 14.0. The molecule has 0 fully saturated rings. The Kier molecular flexibility index (Phi) is 8.29. The summed E-state index contributed by atoms with van der Waals surface area (Å²) in [5.74, 6) is 0. The van der Waals surface area contributed by atoms with Crippen molar-refractivity contribution in [2.45, 2.75) is 19.3 Å². The number of para-hydroxylation sites is 1. The van der Waals surface area contributed by atoms with Crippen LogP contribution in [0.4, 0.5) is 17.1 Å². The van der Waals surface area contributed by atoms with Crippen molar-refractivity contribution in [2.75, 3.05) is 4.90 Å². The standard InChI is InChI=1S/C63H43NO/c1-63(2)57-26-11-9-21-51(57)54-25-13-23-48(62(54)63)40-29-33-45(34-30-40)64(46-35-31-41(32-36-46)55-38-44-17-5-6-18-47(44)49-19-7-8-20-50(49)55)58-27-12-10-22-52(58)53-24-14-28-59-61(53)56-37-42-15-3-4-16-43(42)39-60(56)65-59/h3-39H,1-2H3. The first-order valence-corrected chi connectivity index (χ1v) is 22.6. The average molecular weight is 830 g/mol. The van der Waals surface area contributed by atoms with Crippen molar-refractivity contribution in [1.82, 2.24) is 0 Å². The van der Waals surface area contributed by atoms with Crippen LogP contribution in [0.25, 0.3) is 98.8 Å². The number of nitrogens with zero attached hydrogens (tertiary/aromatic N) is 1. The Balaban J connectivity index is 0.987. The van der Waals surface area contributed by atoms with E-state index in [-0.39, 0.29) is 5.41 Å². The van der Waals surface area contributed by atoms with Crippen LogP contribution >= 0.6 is 0 Å². The van der Waals surface area contributed by atoms with Gasteiger partial charge in [-0.05, 0) is 137 Å². The molecule has 0 N–H and O–H groups in total. The van der Waals surface area contributed by atoms with Crippen molar-refractivity contribution < 1.29 is 4.42 Å². The number of anilines is 3. The van der Waals surface area contributed by atoms with Gasteiger partial charge in [-0.3, -0.25) is 0 Å². The van der Waals surface area contributed by atoms with E-state index in [1.165, 1.54) is 76.8 Å². The van der Waals surface area contributed by atoms with Crippen LogP contribution in [-0.2, 0) is 5.41 Å². The number of hydrogen-bond donors (Lipinski definition) is 0. The van der Waals surface area contributed by atoms with Crippen LogP contribution in [0.1, 0.15) is 25.0 Å². The molecule has 0 saturated carbocycles. The second-order valence-corrected chi connectivity index (χ2v) is 18.0. The summed E-state index contributed by atoms with van der Waals surface area (Å²) in [5, 5.41) is 9.65. The van der Waals surface area contributed by atoms with Crippen LogP contribution in [0, 0.1) is 0 Å². The molecular weight excluding hydrogens is 787 g/mol. The molecule has 2 nitrogen and oxygen atoms in total. The third kappa shape index (κ3) is 5.81. The lowest BCUT2D eigenvalue weighted by atomic mass is 9.79. The van der Waals surface area contributed by atoms with Gasteiger partial charge < -0.3 is 9.32 Å². The van der Waals surface area contributed by atoms with Crippen molar-refractivity contribution in [1.29, 1.82) is 0 Å². The maximum absolute atomic E-state index is 6.61. The van der Waals surface area contributed by atoms with Crippen molar-refractivity contribution in [3.63, 3.8) is 0 Å². The second-order valence-electron chi connectivity index (χ2n) is 18.0. The lowest BCUT2D eigenvalue weighted by Gasteiger charge is -2.29. The molecule has 12 aromatic rings. The maximum atomic E-state index is 6.61. The zero-order valence-electron chi connectivity index (χ0n) is 36.2. The molecule has 0 unspecified atom stereocenters. The summed E-state index contributed by atoms with van der Waals surface area (Å²) in [6.45, 7) is 4.73. The Bertz CT molecular complexity index is 3850. The number of hydrogen-bond acceptors (Lipinski definition) is 2. The number of furan rings is 1. The molecule has 1 aromatic heterocycles. The number of benzene rings is 11. The Morgan fingerprint density at radius 2 is 0.908 bits per heavy atom. The summed E-state index contributed by atoms with van der Waals surface area (Å²) in [7, 11) is 0. The summed E-state index contributed by atoms with van der Waals surface area (Å²) in [6, 6.07) is 82.2. The van der Waals surface area contributed by atoms with E-state index in [9.17, 15) is 0 Å². The first-order valence-electron chi connectivity index (χ1n) is 22.6. The fourth-order valence-electron chi connectivity index (χ4n) is 11.0. The van der Waals surface area contributed by atoms with Gasteiger partial charge in [0.25, 0.3) is 0 Å². The summed E-state index contributed by atoms with van der Waals surface area (Å²) < 4.78 is 6.61. The predicted octanol–water partition coefficient (Wildman–Crippen LogP) is 17.8. The Labute approximate surface area is 378 Å². The van der Waals surface area contributed by atoms with Gasteiger partial charge in [-0.15, -0.1) is 0 Å². The quantitative estimate of drug-likeness (QED) is 0.155. The van der Waals surface area contributed by atoms with Crippen molar-refractivity contribution in [3.05, 3.63) is 236 Å². The van der Waals surface area contributed by atoms with Crippen molar-refractivity contribution in [2.24, 2.45) is 0 Å². The Morgan fingerprint density at radius 1 is 0.354 bits per heavy atom. The summed E-state index contributed by atoms with van der Waals surface area (Å²) in [5.41, 5.74) is 17.5. The lowest BCUT2D eigenvalue weighted by Crippen LogP contribution is -2.16. The molecular formula is C63H43NO. The zero-order valence-corrected chi connectivity index (χ0v) is 36.2. The second kappa shape index (κ2) is 14.4. The molecule has 1 heterocycles. The predicted molar refractivity (Wildman–Crippen MR) is 275 cm³/mol. The minimum atomic E-state index is -0.116. The molecule has 0 radical (unpaired) electrons. The van der Waals surface area contributed by atoms with Crippen molar-refractivity contribution >= 4 is 71.3 Å². The molecule has 0 aliphatic heterocycles. The molecule has 13 rings (SSSR count). The summed E-state index contributed by atoms with van der Waals surface area (Å²) in [4.78, 5) is 2.42. The minimum Gasteiger partial charge on any atom is -0.456 e. The molecule has 0 spiro atoms. The highest BCUT2D eigenvalue weighted by Crippen LogP contribution is 2.53. The van der Waals surface area contributed by atoms with Crippen LogP contribution in [0.3, 0.4) is 0 Å². The highest BCUT2D eigenvalue weighted by molar-refractivity contribution is 6.17. The van der Waals surface area contributed by atoms with Crippen LogP contribution in [0.5, 0.6) is 0 Å². The van der Waals surface area contributed by atoms with Gasteiger partial charge in [-0.25, -0.2) is 0 Å². The first kappa shape index (κ1) is 37.4. The molecule has 0 amide bonds. The van der Waals surface area contributed by atoms with E-state index in [2.05, 4.69) is 243 Å². The molecule has 1 aliphatic carbocycles. The number of rotatable bonds is 6. The molecule has 0 atom stereocenters. The molecule has 306 valence electrons. The normalized spacial score (nSPS) is 12.9. The number of fused-ring (bicyclic) bond motifs is 10. The van der Waals surface area contributed by atoms with E-state index in [0.29, 0.717) is 0 Å². The molecule has 65 heavy (non-hydrogen) atoms. The average Bonchev–Trinajstić information content (AvgIpc) is 3.84. The maximum Gasteiger partial charge on any atom is 0.136 e. The van der Waals surface area contributed by atoms with Gasteiger partial charge in [0.15, 0.2) is 0 Å². The van der Waals surface area contributed by atoms with Crippen LogP contribution in [-0.4, -0.2) is 0 Å². The van der Waals surface area contributed by atoms with E-state index in [4.69, 9.17) is 4.42 Å². The van der Waals surface area contributed by atoms with E-state index < -0.39 is 0 Å². The van der Waals surface area contributed by atoms with Crippen LogP contribution in [0.2, 0.25) is 0 Å². The van der Waals surface area contributed by atoms with Gasteiger partial charge in [-0.1, -0.05) is 184 Å². The smallest absolute Gasteiger partial charge is 0.136 e. The van der Waals surface area contributed by atoms with Crippen LogP contribution < -0.4 is 4.90 Å². The van der Waals surface area contributed by atoms with Gasteiger partial charge in [0.05, 0.1) is 5.69 Å². The van der Waals surface area contributed by atoms with Gasteiger partial charge in [0.1, 0.15) is 11.2 Å². The third-order valence-corrected chi connectivity index (χ3v) is 14.0. The molecule has 1 aliphatic rings. The molecule has 0 saturated heterocycles.